The smallest absolute Gasteiger partial charge is 0.285 e. The Bertz CT molecular complexity index is 673. The second kappa shape index (κ2) is 4.05. The van der Waals surface area contributed by atoms with Crippen LogP contribution in [-0.4, -0.2) is 9.78 Å². The SMILES string of the molecule is O=c1c(Br)c(C2CC2)[nH]n1-c1ccc(F)cc1F. The predicted molar refractivity (Wildman–Crippen MR) is 66.0 cm³/mol. The average Bonchev–Trinajstić information content (AvgIpc) is 3.11. The number of nitrogens with zero attached hydrogens (tertiary/aromatic N) is 1. The van der Waals surface area contributed by atoms with Crippen molar-refractivity contribution in [1.82, 2.24) is 9.78 Å². The molecule has 0 unspecified atom stereocenters. The second-order valence-electron chi connectivity index (χ2n) is 4.35. The van der Waals surface area contributed by atoms with Crippen molar-refractivity contribution in [2.45, 2.75) is 18.8 Å². The van der Waals surface area contributed by atoms with Crippen LogP contribution in [0.25, 0.3) is 5.69 Å². The standard InChI is InChI=1S/C12H9BrF2N2O/c13-10-11(6-1-2-6)16-17(12(10)18)9-4-3-7(14)5-8(9)15/h3-6,16H,1-2H2. The Kier molecular flexibility index (Phi) is 2.62. The molecule has 0 bridgehead atoms. The van der Waals surface area contributed by atoms with E-state index >= 15 is 0 Å². The van der Waals surface area contributed by atoms with Crippen LogP contribution in [0.1, 0.15) is 24.5 Å². The summed E-state index contributed by atoms with van der Waals surface area (Å²) in [5.41, 5.74) is 0.445. The molecule has 94 valence electrons. The fourth-order valence-corrected chi connectivity index (χ4v) is 2.50. The van der Waals surface area contributed by atoms with Crippen molar-refractivity contribution in [1.29, 1.82) is 0 Å². The van der Waals surface area contributed by atoms with E-state index in [9.17, 15) is 13.6 Å². The van der Waals surface area contributed by atoms with Gasteiger partial charge >= 0.3 is 0 Å². The van der Waals surface area contributed by atoms with Gasteiger partial charge in [0.15, 0.2) is 5.82 Å². The lowest BCUT2D eigenvalue weighted by atomic mass is 10.3. The summed E-state index contributed by atoms with van der Waals surface area (Å²) in [4.78, 5) is 12.0. The number of halogens is 3. The van der Waals surface area contributed by atoms with E-state index in [0.717, 1.165) is 35.4 Å². The van der Waals surface area contributed by atoms with Gasteiger partial charge in [0.25, 0.3) is 5.56 Å². The molecule has 3 nitrogen and oxygen atoms in total. The van der Waals surface area contributed by atoms with Crippen LogP contribution in [0.15, 0.2) is 27.5 Å². The minimum atomic E-state index is -0.770. The molecule has 18 heavy (non-hydrogen) atoms. The average molecular weight is 315 g/mol. The Hall–Kier alpha value is -1.43. The van der Waals surface area contributed by atoms with Crippen molar-refractivity contribution in [3.8, 4) is 5.69 Å². The summed E-state index contributed by atoms with van der Waals surface area (Å²) < 4.78 is 28.0. The van der Waals surface area contributed by atoms with Crippen molar-refractivity contribution in [2.75, 3.05) is 0 Å². The summed E-state index contributed by atoms with van der Waals surface area (Å²) in [7, 11) is 0. The number of benzene rings is 1. The molecule has 0 spiro atoms. The van der Waals surface area contributed by atoms with Crippen LogP contribution in [0.4, 0.5) is 8.78 Å². The summed E-state index contributed by atoms with van der Waals surface area (Å²) in [6.45, 7) is 0. The van der Waals surface area contributed by atoms with Gasteiger partial charge in [-0.1, -0.05) is 0 Å². The van der Waals surface area contributed by atoms with Crippen LogP contribution in [-0.2, 0) is 0 Å². The van der Waals surface area contributed by atoms with Crippen molar-refractivity contribution in [3.05, 3.63) is 50.4 Å². The number of hydrogen-bond acceptors (Lipinski definition) is 1. The van der Waals surface area contributed by atoms with Gasteiger partial charge < -0.3 is 0 Å². The van der Waals surface area contributed by atoms with Crippen LogP contribution >= 0.6 is 15.9 Å². The first-order valence-corrected chi connectivity index (χ1v) is 6.33. The number of hydrogen-bond donors (Lipinski definition) is 1. The molecule has 0 amide bonds. The first-order valence-electron chi connectivity index (χ1n) is 5.54. The molecule has 1 aromatic heterocycles. The van der Waals surface area contributed by atoms with Crippen molar-refractivity contribution >= 4 is 15.9 Å². The monoisotopic (exact) mass is 314 g/mol. The molecule has 1 heterocycles. The number of rotatable bonds is 2. The number of nitrogens with one attached hydrogen (secondary N) is 1. The van der Waals surface area contributed by atoms with Gasteiger partial charge in [-0.15, -0.1) is 0 Å². The van der Waals surface area contributed by atoms with Crippen LogP contribution in [0, 0.1) is 11.6 Å². The maximum Gasteiger partial charge on any atom is 0.285 e. The quantitative estimate of drug-likeness (QED) is 0.909. The fourth-order valence-electron chi connectivity index (χ4n) is 1.91. The topological polar surface area (TPSA) is 37.8 Å². The molecule has 0 aliphatic heterocycles. The zero-order chi connectivity index (χ0) is 12.9. The predicted octanol–water partition coefficient (Wildman–Crippen LogP) is 3.08. The van der Waals surface area contributed by atoms with E-state index in [0.29, 0.717) is 10.4 Å². The first kappa shape index (κ1) is 11.6. The van der Waals surface area contributed by atoms with E-state index in [4.69, 9.17) is 0 Å². The van der Waals surface area contributed by atoms with Gasteiger partial charge in [-0.2, -0.15) is 0 Å². The van der Waals surface area contributed by atoms with Gasteiger partial charge in [-0.25, -0.2) is 13.5 Å². The third kappa shape index (κ3) is 1.80. The molecular weight excluding hydrogens is 306 g/mol. The van der Waals surface area contributed by atoms with Gasteiger partial charge in [-0.05, 0) is 40.9 Å². The molecule has 0 atom stereocenters. The first-order chi connectivity index (χ1) is 8.58. The molecular formula is C12H9BrF2N2O. The summed E-state index contributed by atoms with van der Waals surface area (Å²) in [6.07, 6.45) is 2.04. The van der Waals surface area contributed by atoms with Crippen LogP contribution in [0.2, 0.25) is 0 Å². The molecule has 1 aliphatic carbocycles. The molecule has 0 saturated heterocycles. The highest BCUT2D eigenvalue weighted by atomic mass is 79.9. The third-order valence-electron chi connectivity index (χ3n) is 3.00. The lowest BCUT2D eigenvalue weighted by Crippen LogP contribution is -2.16. The van der Waals surface area contributed by atoms with Gasteiger partial charge in [0.05, 0.1) is 5.69 Å². The Labute approximate surface area is 110 Å². The molecule has 1 N–H and O–H groups in total. The van der Waals surface area contributed by atoms with E-state index in [1.165, 1.54) is 6.07 Å². The van der Waals surface area contributed by atoms with E-state index in [1.807, 2.05) is 0 Å². The van der Waals surface area contributed by atoms with E-state index in [2.05, 4.69) is 21.0 Å². The highest BCUT2D eigenvalue weighted by Gasteiger charge is 2.30. The Morgan fingerprint density at radius 3 is 2.67 bits per heavy atom. The third-order valence-corrected chi connectivity index (χ3v) is 3.76. The van der Waals surface area contributed by atoms with Gasteiger partial charge in [0.1, 0.15) is 16.0 Å². The van der Waals surface area contributed by atoms with Crippen molar-refractivity contribution in [2.24, 2.45) is 0 Å². The Morgan fingerprint density at radius 2 is 2.06 bits per heavy atom. The molecule has 1 aliphatic rings. The van der Waals surface area contributed by atoms with Gasteiger partial charge in [-0.3, -0.25) is 9.89 Å². The minimum Gasteiger partial charge on any atom is -0.293 e. The van der Waals surface area contributed by atoms with Gasteiger partial charge in [0, 0.05) is 12.0 Å². The van der Waals surface area contributed by atoms with Crippen molar-refractivity contribution in [3.63, 3.8) is 0 Å². The van der Waals surface area contributed by atoms with Crippen LogP contribution < -0.4 is 5.56 Å². The molecule has 3 rings (SSSR count). The summed E-state index contributed by atoms with van der Waals surface area (Å²) in [6, 6.07) is 3.12. The maximum absolute atomic E-state index is 13.6. The zero-order valence-corrected chi connectivity index (χ0v) is 10.8. The van der Waals surface area contributed by atoms with E-state index in [1.54, 1.807) is 0 Å². The number of H-pyrrole nitrogens is 1. The molecule has 0 radical (unpaired) electrons. The molecule has 6 heteroatoms. The number of aromatic nitrogens is 2. The van der Waals surface area contributed by atoms with Crippen LogP contribution in [0.5, 0.6) is 0 Å². The lowest BCUT2D eigenvalue weighted by Gasteiger charge is -2.03. The minimum absolute atomic E-state index is 0.0222. The molecule has 1 saturated carbocycles. The summed E-state index contributed by atoms with van der Waals surface area (Å²) in [5.74, 6) is -1.11. The van der Waals surface area contributed by atoms with E-state index in [-0.39, 0.29) is 11.2 Å². The molecule has 1 aromatic carbocycles. The van der Waals surface area contributed by atoms with Crippen molar-refractivity contribution < 1.29 is 8.78 Å². The second-order valence-corrected chi connectivity index (χ2v) is 5.14. The fraction of sp³-hybridized carbons (Fsp3) is 0.250. The number of aromatic amines is 1. The lowest BCUT2D eigenvalue weighted by molar-refractivity contribution is 0.571. The normalized spacial score (nSPS) is 15.1. The largest absolute Gasteiger partial charge is 0.293 e. The summed E-state index contributed by atoms with van der Waals surface area (Å²) >= 11 is 3.22. The summed E-state index contributed by atoms with van der Waals surface area (Å²) in [5, 5.41) is 2.88. The molecule has 2 aromatic rings. The highest BCUT2D eigenvalue weighted by Crippen LogP contribution is 2.41. The van der Waals surface area contributed by atoms with E-state index < -0.39 is 11.6 Å². The molecule has 1 fully saturated rings. The van der Waals surface area contributed by atoms with Crippen LogP contribution in [0.3, 0.4) is 0 Å². The Balaban J connectivity index is 2.17. The highest BCUT2D eigenvalue weighted by molar-refractivity contribution is 9.10. The zero-order valence-electron chi connectivity index (χ0n) is 9.21. The maximum atomic E-state index is 13.6. The Morgan fingerprint density at radius 1 is 1.33 bits per heavy atom. The van der Waals surface area contributed by atoms with Gasteiger partial charge in [0.2, 0.25) is 0 Å².